The molecule has 0 aliphatic heterocycles. The van der Waals surface area contributed by atoms with E-state index in [0.29, 0.717) is 13.8 Å². The predicted octanol–water partition coefficient (Wildman–Crippen LogP) is 5.15. The van der Waals surface area contributed by atoms with Gasteiger partial charge in [0.1, 0.15) is 16.9 Å². The second-order valence-corrected chi connectivity index (χ2v) is 7.34. The minimum atomic E-state index is -4.81. The van der Waals surface area contributed by atoms with Crippen molar-refractivity contribution in [3.05, 3.63) is 54.2 Å². The van der Waals surface area contributed by atoms with Gasteiger partial charge in [0.2, 0.25) is 5.95 Å². The van der Waals surface area contributed by atoms with Crippen LogP contribution in [-0.2, 0) is 0 Å². The Morgan fingerprint density at radius 2 is 1.66 bits per heavy atom. The zero-order valence-electron chi connectivity index (χ0n) is 16.6. The van der Waals surface area contributed by atoms with Gasteiger partial charge in [0.25, 0.3) is 5.91 Å². The van der Waals surface area contributed by atoms with Crippen LogP contribution in [0.15, 0.2) is 42.6 Å². The maximum absolute atomic E-state index is 14.8. The van der Waals surface area contributed by atoms with Crippen molar-refractivity contribution in [1.29, 1.82) is 0 Å². The van der Waals surface area contributed by atoms with Gasteiger partial charge < -0.3 is 10.1 Å². The number of halogens is 7. The molecule has 0 atom stereocenters. The lowest BCUT2D eigenvalue weighted by Gasteiger charge is -2.28. The van der Waals surface area contributed by atoms with E-state index in [1.165, 1.54) is 42.6 Å². The SMILES string of the molecule is CC(C)(NC(=O)c1nc2c(-c3ccccc3OCC(F)(F)F)cccn2c1F)C(F)(F)F. The minimum absolute atomic E-state index is 0.110. The second-order valence-electron chi connectivity index (χ2n) is 7.34. The van der Waals surface area contributed by atoms with Gasteiger partial charge in [-0.2, -0.15) is 30.7 Å². The van der Waals surface area contributed by atoms with Crippen LogP contribution in [-0.4, -0.2) is 39.8 Å². The van der Waals surface area contributed by atoms with Crippen molar-refractivity contribution in [3.63, 3.8) is 0 Å². The lowest BCUT2D eigenvalue weighted by atomic mass is 10.1. The van der Waals surface area contributed by atoms with E-state index in [9.17, 15) is 35.5 Å². The number of aromatic nitrogens is 2. The van der Waals surface area contributed by atoms with Crippen molar-refractivity contribution in [1.82, 2.24) is 14.7 Å². The number of hydrogen-bond acceptors (Lipinski definition) is 3. The summed E-state index contributed by atoms with van der Waals surface area (Å²) in [6.45, 7) is -0.160. The average molecular weight is 463 g/mol. The van der Waals surface area contributed by atoms with Crippen molar-refractivity contribution in [3.8, 4) is 16.9 Å². The summed E-state index contributed by atoms with van der Waals surface area (Å²) in [6, 6.07) is 8.34. The number of pyridine rings is 1. The van der Waals surface area contributed by atoms with Crippen LogP contribution in [0.4, 0.5) is 30.7 Å². The minimum Gasteiger partial charge on any atom is -0.483 e. The molecule has 12 heteroatoms. The lowest BCUT2D eigenvalue weighted by molar-refractivity contribution is -0.182. The number of para-hydroxylation sites is 1. The number of nitrogens with one attached hydrogen (secondary N) is 1. The number of benzene rings is 1. The number of nitrogens with zero attached hydrogens (tertiary/aromatic N) is 2. The topological polar surface area (TPSA) is 55.6 Å². The molecular weight excluding hydrogens is 447 g/mol. The summed E-state index contributed by atoms with van der Waals surface area (Å²) in [4.78, 5) is 16.2. The summed E-state index contributed by atoms with van der Waals surface area (Å²) in [6.07, 6.45) is -8.24. The van der Waals surface area contributed by atoms with Crippen molar-refractivity contribution >= 4 is 11.6 Å². The van der Waals surface area contributed by atoms with Gasteiger partial charge in [0.15, 0.2) is 12.3 Å². The Hall–Kier alpha value is -3.31. The molecule has 172 valence electrons. The molecule has 0 saturated carbocycles. The van der Waals surface area contributed by atoms with E-state index in [-0.39, 0.29) is 22.5 Å². The summed E-state index contributed by atoms with van der Waals surface area (Å²) in [5, 5.41) is 1.69. The average Bonchev–Trinajstić information content (AvgIpc) is 3.02. The van der Waals surface area contributed by atoms with Crippen LogP contribution >= 0.6 is 0 Å². The van der Waals surface area contributed by atoms with Gasteiger partial charge in [-0.25, -0.2) is 4.98 Å². The summed E-state index contributed by atoms with van der Waals surface area (Å²) >= 11 is 0. The van der Waals surface area contributed by atoms with Crippen LogP contribution in [0.3, 0.4) is 0 Å². The molecule has 5 nitrogen and oxygen atoms in total. The van der Waals surface area contributed by atoms with Crippen LogP contribution in [0.2, 0.25) is 0 Å². The largest absolute Gasteiger partial charge is 0.483 e. The molecule has 0 unspecified atom stereocenters. The monoisotopic (exact) mass is 463 g/mol. The number of rotatable bonds is 5. The molecule has 3 rings (SSSR count). The standard InChI is InChI=1S/C20H16F7N3O2/c1-18(2,20(25,26)27)29-17(31)14-15(21)30-9-5-7-12(16(30)28-14)11-6-3-4-8-13(11)32-10-19(22,23)24/h3-9H,10H2,1-2H3,(H,29,31). The van der Waals surface area contributed by atoms with E-state index >= 15 is 0 Å². The first-order valence-corrected chi connectivity index (χ1v) is 9.06. The molecule has 3 aromatic rings. The van der Waals surface area contributed by atoms with Crippen molar-refractivity contribution in [2.75, 3.05) is 6.61 Å². The Bertz CT molecular complexity index is 1150. The summed E-state index contributed by atoms with van der Waals surface area (Å²) < 4.78 is 97.4. The lowest BCUT2D eigenvalue weighted by Crippen LogP contribution is -2.54. The molecule has 2 aromatic heterocycles. The smallest absolute Gasteiger partial charge is 0.422 e. The van der Waals surface area contributed by atoms with Gasteiger partial charge >= 0.3 is 12.4 Å². The fourth-order valence-electron chi connectivity index (χ4n) is 2.78. The fraction of sp³-hybridized carbons (Fsp3) is 0.300. The molecule has 0 bridgehead atoms. The van der Waals surface area contributed by atoms with Gasteiger partial charge in [-0.05, 0) is 32.0 Å². The first-order valence-electron chi connectivity index (χ1n) is 9.06. The maximum Gasteiger partial charge on any atom is 0.422 e. The van der Waals surface area contributed by atoms with Gasteiger partial charge in [-0.1, -0.05) is 18.2 Å². The van der Waals surface area contributed by atoms with Crippen molar-refractivity contribution < 1.29 is 40.3 Å². The van der Waals surface area contributed by atoms with E-state index < -0.39 is 42.0 Å². The van der Waals surface area contributed by atoms with Gasteiger partial charge in [0.05, 0.1) is 0 Å². The molecule has 0 radical (unpaired) electrons. The van der Waals surface area contributed by atoms with Gasteiger partial charge in [-0.3, -0.25) is 9.20 Å². The van der Waals surface area contributed by atoms with E-state index in [1.807, 2.05) is 0 Å². The highest BCUT2D eigenvalue weighted by Crippen LogP contribution is 2.34. The molecule has 1 N–H and O–H groups in total. The van der Waals surface area contributed by atoms with E-state index in [1.54, 1.807) is 5.32 Å². The third-order valence-corrected chi connectivity index (χ3v) is 4.51. The molecule has 0 fully saturated rings. The van der Waals surface area contributed by atoms with Crippen molar-refractivity contribution in [2.24, 2.45) is 0 Å². The number of carbonyl (C=O) groups is 1. The Morgan fingerprint density at radius 1 is 1.03 bits per heavy atom. The predicted molar refractivity (Wildman–Crippen MR) is 99.7 cm³/mol. The Morgan fingerprint density at radius 3 is 2.28 bits per heavy atom. The molecule has 1 amide bonds. The van der Waals surface area contributed by atoms with Crippen LogP contribution in [0.5, 0.6) is 5.75 Å². The molecular formula is C20H16F7N3O2. The van der Waals surface area contributed by atoms with Crippen LogP contribution in [0.1, 0.15) is 24.3 Å². The Kier molecular flexibility index (Phi) is 5.83. The van der Waals surface area contributed by atoms with E-state index in [2.05, 4.69) is 4.98 Å². The number of carbonyl (C=O) groups excluding carboxylic acids is 1. The first-order chi connectivity index (χ1) is 14.7. The number of hydrogen-bond donors (Lipinski definition) is 1. The highest BCUT2D eigenvalue weighted by atomic mass is 19.4. The second kappa shape index (κ2) is 7.99. The van der Waals surface area contributed by atoms with E-state index in [4.69, 9.17) is 4.74 Å². The number of amides is 1. The summed E-state index contributed by atoms with van der Waals surface area (Å²) in [5.74, 6) is -2.81. The normalized spacial score (nSPS) is 12.8. The first kappa shape index (κ1) is 23.4. The van der Waals surface area contributed by atoms with E-state index in [0.717, 1.165) is 4.40 Å². The maximum atomic E-state index is 14.8. The third-order valence-electron chi connectivity index (χ3n) is 4.51. The van der Waals surface area contributed by atoms with Gasteiger partial charge in [0, 0.05) is 17.3 Å². The summed E-state index contributed by atoms with van der Waals surface area (Å²) in [5.41, 5.74) is -3.52. The zero-order chi connectivity index (χ0) is 23.9. The highest BCUT2D eigenvalue weighted by molar-refractivity contribution is 5.95. The molecule has 0 spiro atoms. The fourth-order valence-corrected chi connectivity index (χ4v) is 2.78. The van der Waals surface area contributed by atoms with Crippen molar-refractivity contribution in [2.45, 2.75) is 31.7 Å². The number of imidazole rings is 1. The third kappa shape index (κ3) is 4.63. The number of alkyl halides is 6. The van der Waals surface area contributed by atoms with Crippen LogP contribution < -0.4 is 10.1 Å². The molecule has 1 aromatic carbocycles. The highest BCUT2D eigenvalue weighted by Gasteiger charge is 2.49. The summed E-state index contributed by atoms with van der Waals surface area (Å²) in [7, 11) is 0. The molecule has 2 heterocycles. The molecule has 0 saturated heterocycles. The number of fused-ring (bicyclic) bond motifs is 1. The quantitative estimate of drug-likeness (QED) is 0.533. The van der Waals surface area contributed by atoms with Crippen LogP contribution in [0, 0.1) is 5.95 Å². The van der Waals surface area contributed by atoms with Crippen LogP contribution in [0.25, 0.3) is 16.8 Å². The molecule has 32 heavy (non-hydrogen) atoms. The Balaban J connectivity index is 2.06. The van der Waals surface area contributed by atoms with Gasteiger partial charge in [-0.15, -0.1) is 0 Å². The zero-order valence-corrected chi connectivity index (χ0v) is 16.6. The molecule has 0 aliphatic rings. The molecule has 0 aliphatic carbocycles. The Labute approximate surface area is 176 Å². The number of ether oxygens (including phenoxy) is 1.